The number of benzene rings is 1. The van der Waals surface area contributed by atoms with E-state index in [0.29, 0.717) is 34.0 Å². The lowest BCUT2D eigenvalue weighted by atomic mass is 10.1. The Morgan fingerprint density at radius 1 is 1.07 bits per heavy atom. The van der Waals surface area contributed by atoms with Crippen LogP contribution in [0, 0.1) is 0 Å². The zero-order valence-corrected chi connectivity index (χ0v) is 16.6. The van der Waals surface area contributed by atoms with Crippen molar-refractivity contribution in [3.8, 4) is 22.8 Å². The third-order valence-electron chi connectivity index (χ3n) is 5.18. The molecule has 0 radical (unpaired) electrons. The summed E-state index contributed by atoms with van der Waals surface area (Å²) in [6, 6.07) is 5.46. The minimum atomic E-state index is 0.0288. The van der Waals surface area contributed by atoms with Crippen LogP contribution in [0.1, 0.15) is 19.3 Å². The van der Waals surface area contributed by atoms with E-state index in [1.54, 1.807) is 25.0 Å². The standard InChI is InChI=1S/C20H24N6O3/c1-28-14-8-13(9-15(10-14)29-2)18-17-19(21)22-12-23-20(17)26(24-18)11-16(27)25-6-4-3-5-7-25/h8-10,12H,3-7,11H2,1-2H3,(H2,21,22,23). The van der Waals surface area contributed by atoms with Crippen LogP contribution >= 0.6 is 0 Å². The number of nitrogens with two attached hydrogens (primary N) is 1. The average Bonchev–Trinajstić information content (AvgIpc) is 3.13. The molecular formula is C20H24N6O3. The number of nitrogen functional groups attached to an aromatic ring is 1. The van der Waals surface area contributed by atoms with Gasteiger partial charge in [-0.05, 0) is 31.4 Å². The third-order valence-corrected chi connectivity index (χ3v) is 5.18. The molecule has 3 aromatic rings. The largest absolute Gasteiger partial charge is 0.497 e. The Morgan fingerprint density at radius 3 is 2.41 bits per heavy atom. The second-order valence-electron chi connectivity index (χ2n) is 7.01. The van der Waals surface area contributed by atoms with E-state index < -0.39 is 0 Å². The second-order valence-corrected chi connectivity index (χ2v) is 7.01. The Hall–Kier alpha value is -3.36. The van der Waals surface area contributed by atoms with Gasteiger partial charge in [-0.25, -0.2) is 14.6 Å². The maximum Gasteiger partial charge on any atom is 0.244 e. The summed E-state index contributed by atoms with van der Waals surface area (Å²) in [7, 11) is 3.17. The van der Waals surface area contributed by atoms with E-state index in [9.17, 15) is 4.79 Å². The van der Waals surface area contributed by atoms with Crippen molar-refractivity contribution in [2.75, 3.05) is 33.0 Å². The highest BCUT2D eigenvalue weighted by Gasteiger charge is 2.22. The number of hydrogen-bond donors (Lipinski definition) is 1. The molecule has 0 atom stereocenters. The fraction of sp³-hybridized carbons (Fsp3) is 0.400. The summed E-state index contributed by atoms with van der Waals surface area (Å²) in [6.07, 6.45) is 4.63. The molecule has 0 spiro atoms. The van der Waals surface area contributed by atoms with Gasteiger partial charge in [-0.2, -0.15) is 5.10 Å². The lowest BCUT2D eigenvalue weighted by Gasteiger charge is -2.26. The van der Waals surface area contributed by atoms with Crippen LogP contribution in [0.4, 0.5) is 5.82 Å². The molecule has 0 aliphatic carbocycles. The Balaban J connectivity index is 1.78. The average molecular weight is 396 g/mol. The molecule has 1 aliphatic rings. The Labute approximate surface area is 168 Å². The van der Waals surface area contributed by atoms with E-state index in [-0.39, 0.29) is 12.5 Å². The number of rotatable bonds is 5. The van der Waals surface area contributed by atoms with Crippen LogP contribution in [-0.2, 0) is 11.3 Å². The van der Waals surface area contributed by atoms with E-state index in [4.69, 9.17) is 15.2 Å². The first kappa shape index (κ1) is 19.0. The summed E-state index contributed by atoms with van der Waals surface area (Å²) in [4.78, 5) is 23.1. The molecule has 9 nitrogen and oxygen atoms in total. The fourth-order valence-electron chi connectivity index (χ4n) is 3.66. The highest BCUT2D eigenvalue weighted by Crippen LogP contribution is 2.34. The molecule has 1 aliphatic heterocycles. The van der Waals surface area contributed by atoms with Gasteiger partial charge >= 0.3 is 0 Å². The Bertz CT molecular complexity index is 1020. The van der Waals surface area contributed by atoms with Gasteiger partial charge < -0.3 is 20.1 Å². The van der Waals surface area contributed by atoms with Crippen molar-refractivity contribution in [2.45, 2.75) is 25.8 Å². The van der Waals surface area contributed by atoms with Gasteiger partial charge in [0.1, 0.15) is 35.9 Å². The number of fused-ring (bicyclic) bond motifs is 1. The minimum Gasteiger partial charge on any atom is -0.497 e. The normalized spacial score (nSPS) is 14.2. The SMILES string of the molecule is COc1cc(OC)cc(-c2nn(CC(=O)N3CCCCC3)c3ncnc(N)c23)c1. The van der Waals surface area contributed by atoms with Gasteiger partial charge in [0.2, 0.25) is 5.91 Å². The zero-order valence-electron chi connectivity index (χ0n) is 16.6. The molecule has 1 aromatic carbocycles. The monoisotopic (exact) mass is 396 g/mol. The second kappa shape index (κ2) is 7.94. The zero-order chi connectivity index (χ0) is 20.4. The molecule has 1 fully saturated rings. The van der Waals surface area contributed by atoms with E-state index in [1.165, 1.54) is 12.7 Å². The van der Waals surface area contributed by atoms with Crippen LogP contribution in [-0.4, -0.2) is 57.9 Å². The van der Waals surface area contributed by atoms with Crippen LogP contribution in [0.2, 0.25) is 0 Å². The lowest BCUT2D eigenvalue weighted by molar-refractivity contribution is -0.132. The number of ether oxygens (including phenoxy) is 2. The number of carbonyl (C=O) groups excluding carboxylic acids is 1. The molecule has 4 rings (SSSR count). The first-order valence-electron chi connectivity index (χ1n) is 9.59. The van der Waals surface area contributed by atoms with E-state index in [1.807, 2.05) is 17.0 Å². The van der Waals surface area contributed by atoms with Crippen molar-refractivity contribution in [2.24, 2.45) is 0 Å². The molecule has 0 saturated carbocycles. The first-order chi connectivity index (χ1) is 14.1. The first-order valence-corrected chi connectivity index (χ1v) is 9.59. The van der Waals surface area contributed by atoms with Gasteiger partial charge in [0.05, 0.1) is 19.6 Å². The van der Waals surface area contributed by atoms with Crippen LogP contribution < -0.4 is 15.2 Å². The summed E-state index contributed by atoms with van der Waals surface area (Å²) in [5.74, 6) is 1.59. The lowest BCUT2D eigenvalue weighted by Crippen LogP contribution is -2.38. The molecular weight excluding hydrogens is 372 g/mol. The number of nitrogens with zero attached hydrogens (tertiary/aromatic N) is 5. The summed E-state index contributed by atoms with van der Waals surface area (Å²) in [6.45, 7) is 1.68. The molecule has 29 heavy (non-hydrogen) atoms. The number of piperidine rings is 1. The maximum absolute atomic E-state index is 12.8. The van der Waals surface area contributed by atoms with Gasteiger partial charge in [0, 0.05) is 24.7 Å². The van der Waals surface area contributed by atoms with E-state index >= 15 is 0 Å². The van der Waals surface area contributed by atoms with Crippen molar-refractivity contribution in [3.63, 3.8) is 0 Å². The number of anilines is 1. The molecule has 0 unspecified atom stereocenters. The Kier molecular flexibility index (Phi) is 5.20. The van der Waals surface area contributed by atoms with Gasteiger partial charge in [-0.15, -0.1) is 0 Å². The van der Waals surface area contributed by atoms with Crippen LogP contribution in [0.5, 0.6) is 11.5 Å². The molecule has 2 aromatic heterocycles. The molecule has 0 bridgehead atoms. The summed E-state index contributed by atoms with van der Waals surface area (Å²) in [5, 5.41) is 5.29. The van der Waals surface area contributed by atoms with Crippen molar-refractivity contribution >= 4 is 22.8 Å². The predicted molar refractivity (Wildman–Crippen MR) is 109 cm³/mol. The van der Waals surface area contributed by atoms with Crippen LogP contribution in [0.3, 0.4) is 0 Å². The van der Waals surface area contributed by atoms with Gasteiger partial charge in [0.25, 0.3) is 0 Å². The number of likely N-dealkylation sites (tertiary alicyclic amines) is 1. The molecule has 152 valence electrons. The molecule has 1 saturated heterocycles. The third kappa shape index (κ3) is 3.67. The summed E-state index contributed by atoms with van der Waals surface area (Å²) >= 11 is 0. The maximum atomic E-state index is 12.8. The number of carbonyl (C=O) groups is 1. The number of amides is 1. The van der Waals surface area contributed by atoms with Gasteiger partial charge in [-0.1, -0.05) is 0 Å². The number of hydrogen-bond acceptors (Lipinski definition) is 7. The van der Waals surface area contributed by atoms with Gasteiger partial charge in [0.15, 0.2) is 5.65 Å². The molecule has 3 heterocycles. The van der Waals surface area contributed by atoms with Crippen molar-refractivity contribution in [1.82, 2.24) is 24.6 Å². The van der Waals surface area contributed by atoms with Crippen LogP contribution in [0.15, 0.2) is 24.5 Å². The van der Waals surface area contributed by atoms with Crippen molar-refractivity contribution < 1.29 is 14.3 Å². The molecule has 9 heteroatoms. The predicted octanol–water partition coefficient (Wildman–Crippen LogP) is 2.11. The molecule has 1 amide bonds. The number of methoxy groups -OCH3 is 2. The van der Waals surface area contributed by atoms with E-state index in [0.717, 1.165) is 31.5 Å². The summed E-state index contributed by atoms with van der Waals surface area (Å²) in [5.41, 5.74) is 8.02. The van der Waals surface area contributed by atoms with Crippen LogP contribution in [0.25, 0.3) is 22.3 Å². The van der Waals surface area contributed by atoms with Crippen molar-refractivity contribution in [3.05, 3.63) is 24.5 Å². The van der Waals surface area contributed by atoms with Gasteiger partial charge in [-0.3, -0.25) is 4.79 Å². The quantitative estimate of drug-likeness (QED) is 0.703. The fourth-order valence-corrected chi connectivity index (χ4v) is 3.66. The van der Waals surface area contributed by atoms with E-state index in [2.05, 4.69) is 15.1 Å². The Morgan fingerprint density at radius 2 is 1.76 bits per heavy atom. The highest BCUT2D eigenvalue weighted by molar-refractivity contribution is 5.99. The topological polar surface area (TPSA) is 108 Å². The highest BCUT2D eigenvalue weighted by atomic mass is 16.5. The number of aromatic nitrogens is 4. The smallest absolute Gasteiger partial charge is 0.244 e. The minimum absolute atomic E-state index is 0.0288. The van der Waals surface area contributed by atoms with Crippen molar-refractivity contribution in [1.29, 1.82) is 0 Å². The molecule has 2 N–H and O–H groups in total. The summed E-state index contributed by atoms with van der Waals surface area (Å²) < 4.78 is 12.4.